The minimum atomic E-state index is 0.460. The summed E-state index contributed by atoms with van der Waals surface area (Å²) in [7, 11) is 0. The molecule has 0 atom stereocenters. The number of thiophene rings is 1. The molecule has 16 heavy (non-hydrogen) atoms. The van der Waals surface area contributed by atoms with E-state index < -0.39 is 0 Å². The van der Waals surface area contributed by atoms with E-state index in [1.165, 1.54) is 11.3 Å². The maximum atomic E-state index is 6.05. The Balaban J connectivity index is 2.37. The maximum absolute atomic E-state index is 6.05. The Morgan fingerprint density at radius 2 is 2.06 bits per heavy atom. The fraction of sp³-hybridized carbons (Fsp3) is 0. The van der Waals surface area contributed by atoms with Crippen LogP contribution in [-0.2, 0) is 0 Å². The molecule has 0 bridgehead atoms. The van der Waals surface area contributed by atoms with E-state index in [0.717, 1.165) is 4.88 Å². The van der Waals surface area contributed by atoms with Gasteiger partial charge in [0, 0.05) is 0 Å². The van der Waals surface area contributed by atoms with Gasteiger partial charge in [-0.05, 0) is 11.4 Å². The van der Waals surface area contributed by atoms with Crippen molar-refractivity contribution in [3.8, 4) is 10.7 Å². The lowest BCUT2D eigenvalue weighted by Crippen LogP contribution is -1.91. The molecule has 3 aromatic heterocycles. The van der Waals surface area contributed by atoms with E-state index in [4.69, 9.17) is 23.2 Å². The van der Waals surface area contributed by atoms with E-state index >= 15 is 0 Å². The van der Waals surface area contributed by atoms with Crippen molar-refractivity contribution in [2.75, 3.05) is 0 Å². The second-order valence-corrected chi connectivity index (χ2v) is 4.76. The van der Waals surface area contributed by atoms with E-state index in [-0.39, 0.29) is 0 Å². The summed E-state index contributed by atoms with van der Waals surface area (Å²) in [6.07, 6.45) is 3.15. The Labute approximate surface area is 104 Å². The first-order valence-electron chi connectivity index (χ1n) is 4.35. The largest absolute Gasteiger partial charge is 0.262 e. The minimum absolute atomic E-state index is 0.460. The second-order valence-electron chi connectivity index (χ2n) is 3.04. The van der Waals surface area contributed by atoms with Crippen LogP contribution in [0, 0.1) is 0 Å². The van der Waals surface area contributed by atoms with Crippen LogP contribution < -0.4 is 0 Å². The van der Waals surface area contributed by atoms with Crippen molar-refractivity contribution in [1.82, 2.24) is 19.6 Å². The molecule has 0 aliphatic rings. The van der Waals surface area contributed by atoms with Gasteiger partial charge in [0.05, 0.1) is 22.3 Å². The molecule has 4 nitrogen and oxygen atoms in total. The van der Waals surface area contributed by atoms with Gasteiger partial charge in [-0.3, -0.25) is 9.38 Å². The highest BCUT2D eigenvalue weighted by Gasteiger charge is 2.14. The number of rotatable bonds is 1. The summed E-state index contributed by atoms with van der Waals surface area (Å²) in [6.45, 7) is 0. The molecule has 0 unspecified atom stereocenters. The van der Waals surface area contributed by atoms with Crippen LogP contribution >= 0.6 is 34.5 Å². The normalized spacial score (nSPS) is 11.1. The molecule has 0 saturated carbocycles. The first kappa shape index (κ1) is 10.0. The van der Waals surface area contributed by atoms with E-state index in [0.29, 0.717) is 21.6 Å². The predicted octanol–water partition coefficient (Wildman–Crippen LogP) is 3.16. The Hall–Kier alpha value is -1.17. The molecule has 0 radical (unpaired) electrons. The molecule has 0 aliphatic carbocycles. The highest BCUT2D eigenvalue weighted by Crippen LogP contribution is 2.32. The zero-order valence-electron chi connectivity index (χ0n) is 7.76. The number of halogens is 2. The molecule has 0 aromatic carbocycles. The average molecular weight is 271 g/mol. The summed E-state index contributed by atoms with van der Waals surface area (Å²) >= 11 is 13.6. The quantitative estimate of drug-likeness (QED) is 0.682. The van der Waals surface area contributed by atoms with Gasteiger partial charge in [0.25, 0.3) is 0 Å². The highest BCUT2D eigenvalue weighted by molar-refractivity contribution is 7.14. The summed E-state index contributed by atoms with van der Waals surface area (Å²) in [5.41, 5.74) is 0.604. The number of hydrogen-bond acceptors (Lipinski definition) is 4. The van der Waals surface area contributed by atoms with Crippen molar-refractivity contribution in [1.29, 1.82) is 0 Å². The van der Waals surface area contributed by atoms with Gasteiger partial charge in [-0.25, -0.2) is 0 Å². The second kappa shape index (κ2) is 3.69. The fourth-order valence-corrected chi connectivity index (χ4v) is 2.75. The monoisotopic (exact) mass is 270 g/mol. The molecular formula is C9H4Cl2N4S. The minimum Gasteiger partial charge on any atom is -0.262 e. The first-order valence-corrected chi connectivity index (χ1v) is 5.99. The number of fused-ring (bicyclic) bond motifs is 1. The van der Waals surface area contributed by atoms with Crippen LogP contribution in [0.2, 0.25) is 10.2 Å². The van der Waals surface area contributed by atoms with Crippen LogP contribution in [0.5, 0.6) is 0 Å². The molecule has 0 amide bonds. The van der Waals surface area contributed by atoms with Crippen molar-refractivity contribution in [3.63, 3.8) is 0 Å². The smallest absolute Gasteiger partial charge is 0.181 e. The summed E-state index contributed by atoms with van der Waals surface area (Å²) in [4.78, 5) is 4.79. The molecule has 0 saturated heterocycles. The third kappa shape index (κ3) is 1.40. The van der Waals surface area contributed by atoms with Gasteiger partial charge < -0.3 is 0 Å². The third-order valence-corrected chi connectivity index (χ3v) is 3.70. The van der Waals surface area contributed by atoms with Crippen molar-refractivity contribution in [2.24, 2.45) is 0 Å². The summed E-state index contributed by atoms with van der Waals surface area (Å²) in [5, 5.41) is 11.1. The summed E-state index contributed by atoms with van der Waals surface area (Å²) in [5.74, 6) is 0.641. The number of hydrogen-bond donors (Lipinski definition) is 0. The van der Waals surface area contributed by atoms with Crippen LogP contribution in [0.4, 0.5) is 0 Å². The van der Waals surface area contributed by atoms with Crippen LogP contribution in [0.3, 0.4) is 0 Å². The van der Waals surface area contributed by atoms with Crippen LogP contribution in [-0.4, -0.2) is 19.6 Å². The van der Waals surface area contributed by atoms with Gasteiger partial charge in [0.15, 0.2) is 11.5 Å². The molecule has 3 rings (SSSR count). The molecule has 7 heteroatoms. The van der Waals surface area contributed by atoms with E-state index in [9.17, 15) is 0 Å². The van der Waals surface area contributed by atoms with Gasteiger partial charge in [-0.1, -0.05) is 23.2 Å². The Morgan fingerprint density at radius 1 is 1.19 bits per heavy atom. The van der Waals surface area contributed by atoms with Crippen molar-refractivity contribution in [2.45, 2.75) is 0 Å². The highest BCUT2D eigenvalue weighted by atomic mass is 35.5. The lowest BCUT2D eigenvalue weighted by atomic mass is 10.4. The number of aromatic nitrogens is 4. The van der Waals surface area contributed by atoms with Gasteiger partial charge in [-0.2, -0.15) is 0 Å². The van der Waals surface area contributed by atoms with E-state index in [1.54, 1.807) is 16.8 Å². The lowest BCUT2D eigenvalue weighted by Gasteiger charge is -1.99. The Morgan fingerprint density at radius 3 is 2.81 bits per heavy atom. The molecular weight excluding hydrogens is 267 g/mol. The first-order chi connectivity index (χ1) is 7.77. The van der Waals surface area contributed by atoms with Gasteiger partial charge >= 0.3 is 0 Å². The topological polar surface area (TPSA) is 43.1 Å². The summed E-state index contributed by atoms with van der Waals surface area (Å²) in [6, 6.07) is 1.82. The molecule has 3 aromatic rings. The zero-order valence-corrected chi connectivity index (χ0v) is 10.1. The molecule has 80 valence electrons. The van der Waals surface area contributed by atoms with Crippen LogP contribution in [0.1, 0.15) is 0 Å². The predicted molar refractivity (Wildman–Crippen MR) is 64.1 cm³/mol. The van der Waals surface area contributed by atoms with E-state index in [1.807, 2.05) is 11.4 Å². The van der Waals surface area contributed by atoms with Gasteiger partial charge in [0.1, 0.15) is 5.15 Å². The van der Waals surface area contributed by atoms with Crippen molar-refractivity contribution >= 4 is 40.2 Å². The van der Waals surface area contributed by atoms with E-state index in [2.05, 4.69) is 15.2 Å². The average Bonchev–Trinajstić information content (AvgIpc) is 2.84. The standard InChI is InChI=1S/C9H4Cl2N4S/c10-5-1-2-16-8(5)9-14-13-7-4-12-3-6(11)15(7)9/h1-4H. The Kier molecular flexibility index (Phi) is 2.31. The SMILES string of the molecule is Clc1ccsc1-c1nnc2cncc(Cl)n12. The molecule has 0 fully saturated rings. The summed E-state index contributed by atoms with van der Waals surface area (Å²) < 4.78 is 1.71. The van der Waals surface area contributed by atoms with Crippen molar-refractivity contribution in [3.05, 3.63) is 34.0 Å². The maximum Gasteiger partial charge on any atom is 0.181 e. The molecule has 0 spiro atoms. The molecule has 3 heterocycles. The number of nitrogens with zero attached hydrogens (tertiary/aromatic N) is 4. The third-order valence-electron chi connectivity index (χ3n) is 2.09. The van der Waals surface area contributed by atoms with Crippen LogP contribution in [0.15, 0.2) is 23.8 Å². The Bertz CT molecular complexity index is 660. The van der Waals surface area contributed by atoms with Crippen LogP contribution in [0.25, 0.3) is 16.3 Å². The fourth-order valence-electron chi connectivity index (χ4n) is 1.41. The molecule has 0 N–H and O–H groups in total. The lowest BCUT2D eigenvalue weighted by molar-refractivity contribution is 1.12. The molecule has 0 aliphatic heterocycles. The van der Waals surface area contributed by atoms with Gasteiger partial charge in [0.2, 0.25) is 0 Å². The van der Waals surface area contributed by atoms with Gasteiger partial charge in [-0.15, -0.1) is 21.5 Å². The van der Waals surface area contributed by atoms with Crippen molar-refractivity contribution < 1.29 is 0 Å². The zero-order chi connectivity index (χ0) is 11.1.